The van der Waals surface area contributed by atoms with E-state index in [2.05, 4.69) is 17.6 Å². The van der Waals surface area contributed by atoms with Gasteiger partial charge in [0, 0.05) is 21.7 Å². The predicted molar refractivity (Wildman–Crippen MR) is 90.0 cm³/mol. The Morgan fingerprint density at radius 2 is 2.00 bits per heavy atom. The Balaban J connectivity index is 2.00. The van der Waals surface area contributed by atoms with Crippen LogP contribution < -0.4 is 16.0 Å². The summed E-state index contributed by atoms with van der Waals surface area (Å²) in [6, 6.07) is 16.1. The van der Waals surface area contributed by atoms with Crippen molar-refractivity contribution in [2.24, 2.45) is 5.84 Å². The zero-order valence-electron chi connectivity index (χ0n) is 11.9. The van der Waals surface area contributed by atoms with Crippen LogP contribution in [0.2, 0.25) is 5.02 Å². The van der Waals surface area contributed by atoms with Crippen molar-refractivity contribution in [3.63, 3.8) is 0 Å². The molecule has 1 atom stereocenters. The van der Waals surface area contributed by atoms with E-state index in [1.165, 1.54) is 4.90 Å². The zero-order valence-corrected chi connectivity index (χ0v) is 13.5. The smallest absolute Gasteiger partial charge is 0.122 e. The molecule has 0 aliphatic heterocycles. The van der Waals surface area contributed by atoms with Crippen molar-refractivity contribution in [3.8, 4) is 5.75 Å². The summed E-state index contributed by atoms with van der Waals surface area (Å²) in [6.07, 6.45) is 0.764. The number of nitrogens with two attached hydrogens (primary N) is 1. The first-order valence-corrected chi connectivity index (χ1v) is 8.05. The van der Waals surface area contributed by atoms with Gasteiger partial charge in [-0.25, -0.2) is 0 Å². The van der Waals surface area contributed by atoms with E-state index in [-0.39, 0.29) is 6.04 Å². The topological polar surface area (TPSA) is 47.3 Å². The highest BCUT2D eigenvalue weighted by Gasteiger charge is 2.12. The fraction of sp³-hybridized carbons (Fsp3) is 0.250. The number of rotatable bonds is 7. The van der Waals surface area contributed by atoms with E-state index in [9.17, 15) is 0 Å². The highest BCUT2D eigenvalue weighted by Crippen LogP contribution is 2.25. The summed E-state index contributed by atoms with van der Waals surface area (Å²) in [6.45, 7) is 0. The van der Waals surface area contributed by atoms with Gasteiger partial charge in [0.05, 0.1) is 7.11 Å². The third kappa shape index (κ3) is 4.93. The SMILES string of the molecule is COc1ccc(Cl)cc1CC(CSc1ccccc1)NN. The third-order valence-corrected chi connectivity index (χ3v) is 4.55. The molecule has 1 unspecified atom stereocenters. The second kappa shape index (κ2) is 8.29. The van der Waals surface area contributed by atoms with Gasteiger partial charge in [-0.2, -0.15) is 0 Å². The largest absolute Gasteiger partial charge is 0.496 e. The molecule has 0 amide bonds. The number of thioether (sulfide) groups is 1. The number of halogens is 1. The van der Waals surface area contributed by atoms with Crippen molar-refractivity contribution >= 4 is 23.4 Å². The quantitative estimate of drug-likeness (QED) is 0.465. The van der Waals surface area contributed by atoms with Gasteiger partial charge in [0.2, 0.25) is 0 Å². The molecule has 0 fully saturated rings. The molecule has 2 rings (SSSR count). The van der Waals surface area contributed by atoms with E-state index in [1.807, 2.05) is 36.4 Å². The van der Waals surface area contributed by atoms with Gasteiger partial charge in [-0.3, -0.25) is 11.3 Å². The number of methoxy groups -OCH3 is 1. The fourth-order valence-electron chi connectivity index (χ4n) is 2.05. The van der Waals surface area contributed by atoms with Crippen LogP contribution in [0.4, 0.5) is 0 Å². The highest BCUT2D eigenvalue weighted by atomic mass is 35.5. The molecule has 112 valence electrons. The summed E-state index contributed by atoms with van der Waals surface area (Å²) in [4.78, 5) is 1.23. The molecular weight excluding hydrogens is 304 g/mol. The van der Waals surface area contributed by atoms with Gasteiger partial charge in [0.25, 0.3) is 0 Å². The van der Waals surface area contributed by atoms with Crippen LogP contribution in [0.1, 0.15) is 5.56 Å². The van der Waals surface area contributed by atoms with Crippen LogP contribution in [-0.2, 0) is 6.42 Å². The number of hydrogen-bond acceptors (Lipinski definition) is 4. The van der Waals surface area contributed by atoms with Gasteiger partial charge in [-0.05, 0) is 42.3 Å². The van der Waals surface area contributed by atoms with Gasteiger partial charge in [0.1, 0.15) is 5.75 Å². The van der Waals surface area contributed by atoms with Crippen LogP contribution in [0.25, 0.3) is 0 Å². The van der Waals surface area contributed by atoms with E-state index in [1.54, 1.807) is 18.9 Å². The first-order valence-electron chi connectivity index (χ1n) is 6.69. The number of hydrogen-bond donors (Lipinski definition) is 2. The molecule has 5 heteroatoms. The molecule has 0 bridgehead atoms. The first-order chi connectivity index (χ1) is 10.2. The Hall–Kier alpha value is -1.20. The molecule has 0 aromatic heterocycles. The van der Waals surface area contributed by atoms with E-state index >= 15 is 0 Å². The molecule has 3 nitrogen and oxygen atoms in total. The summed E-state index contributed by atoms with van der Waals surface area (Å²) in [5.41, 5.74) is 3.93. The van der Waals surface area contributed by atoms with E-state index in [4.69, 9.17) is 22.2 Å². The van der Waals surface area contributed by atoms with Crippen LogP contribution in [0.15, 0.2) is 53.4 Å². The van der Waals surface area contributed by atoms with Crippen LogP contribution in [0, 0.1) is 0 Å². The Kier molecular flexibility index (Phi) is 6.39. The lowest BCUT2D eigenvalue weighted by molar-refractivity contribution is 0.406. The van der Waals surface area contributed by atoms with Gasteiger partial charge in [-0.15, -0.1) is 11.8 Å². The predicted octanol–water partition coefficient (Wildman–Crippen LogP) is 3.52. The Bertz CT molecular complexity index is 565. The maximum absolute atomic E-state index is 6.06. The summed E-state index contributed by atoms with van der Waals surface area (Å²) in [5, 5.41) is 0.706. The summed E-state index contributed by atoms with van der Waals surface area (Å²) >= 11 is 7.83. The third-order valence-electron chi connectivity index (χ3n) is 3.14. The molecule has 0 aliphatic rings. The number of hydrazine groups is 1. The van der Waals surface area contributed by atoms with Gasteiger partial charge < -0.3 is 4.74 Å². The average molecular weight is 323 g/mol. The standard InChI is InChI=1S/C16H19ClN2OS/c1-20-16-8-7-13(17)9-12(16)10-14(19-18)11-21-15-5-3-2-4-6-15/h2-9,14,19H,10-11,18H2,1H3. The summed E-state index contributed by atoms with van der Waals surface area (Å²) < 4.78 is 5.37. The number of benzene rings is 2. The zero-order chi connectivity index (χ0) is 15.1. The van der Waals surface area contributed by atoms with Crippen LogP contribution >= 0.6 is 23.4 Å². The second-order valence-corrected chi connectivity index (χ2v) is 6.18. The molecule has 2 aromatic carbocycles. The van der Waals surface area contributed by atoms with E-state index in [0.29, 0.717) is 5.02 Å². The number of nitrogens with one attached hydrogen (secondary N) is 1. The van der Waals surface area contributed by atoms with Crippen LogP contribution in [0.3, 0.4) is 0 Å². The monoisotopic (exact) mass is 322 g/mol. The fourth-order valence-corrected chi connectivity index (χ4v) is 3.20. The second-order valence-electron chi connectivity index (χ2n) is 4.65. The van der Waals surface area contributed by atoms with Gasteiger partial charge in [0.15, 0.2) is 0 Å². The Labute approximate surface area is 134 Å². The van der Waals surface area contributed by atoms with Gasteiger partial charge >= 0.3 is 0 Å². The minimum atomic E-state index is 0.141. The molecule has 3 N–H and O–H groups in total. The molecule has 0 aliphatic carbocycles. The minimum Gasteiger partial charge on any atom is -0.496 e. The maximum Gasteiger partial charge on any atom is 0.122 e. The molecule has 0 spiro atoms. The van der Waals surface area contributed by atoms with E-state index in [0.717, 1.165) is 23.5 Å². The van der Waals surface area contributed by atoms with Crippen molar-refractivity contribution in [2.45, 2.75) is 17.4 Å². The molecule has 0 saturated carbocycles. The van der Waals surface area contributed by atoms with Crippen molar-refractivity contribution < 1.29 is 4.74 Å². The van der Waals surface area contributed by atoms with Crippen molar-refractivity contribution in [3.05, 3.63) is 59.1 Å². The van der Waals surface area contributed by atoms with Crippen molar-refractivity contribution in [1.82, 2.24) is 5.43 Å². The van der Waals surface area contributed by atoms with Crippen molar-refractivity contribution in [2.75, 3.05) is 12.9 Å². The average Bonchev–Trinajstić information content (AvgIpc) is 2.52. The van der Waals surface area contributed by atoms with Gasteiger partial charge in [-0.1, -0.05) is 29.8 Å². The number of ether oxygens (including phenoxy) is 1. The molecule has 2 aromatic rings. The van der Waals surface area contributed by atoms with Crippen LogP contribution in [-0.4, -0.2) is 18.9 Å². The normalized spacial score (nSPS) is 12.1. The van der Waals surface area contributed by atoms with Crippen molar-refractivity contribution in [1.29, 1.82) is 0 Å². The first kappa shape index (κ1) is 16.2. The lowest BCUT2D eigenvalue weighted by atomic mass is 10.1. The Morgan fingerprint density at radius 1 is 1.24 bits per heavy atom. The molecule has 0 heterocycles. The molecular formula is C16H19ClN2OS. The molecule has 21 heavy (non-hydrogen) atoms. The Morgan fingerprint density at radius 3 is 2.67 bits per heavy atom. The minimum absolute atomic E-state index is 0.141. The lowest BCUT2D eigenvalue weighted by Gasteiger charge is -2.17. The molecule has 0 saturated heterocycles. The summed E-state index contributed by atoms with van der Waals surface area (Å²) in [7, 11) is 1.66. The summed E-state index contributed by atoms with van der Waals surface area (Å²) in [5.74, 6) is 7.39. The lowest BCUT2D eigenvalue weighted by Crippen LogP contribution is -2.38. The highest BCUT2D eigenvalue weighted by molar-refractivity contribution is 7.99. The maximum atomic E-state index is 6.06. The molecule has 0 radical (unpaired) electrons. The van der Waals surface area contributed by atoms with Crippen LogP contribution in [0.5, 0.6) is 5.75 Å². The van der Waals surface area contributed by atoms with E-state index < -0.39 is 0 Å².